The lowest BCUT2D eigenvalue weighted by atomic mass is 10.1. The fraction of sp³-hybridized carbons (Fsp3) is 0.667. The van der Waals surface area contributed by atoms with Crippen LogP contribution in [0.2, 0.25) is 0 Å². The van der Waals surface area contributed by atoms with Gasteiger partial charge in [0.1, 0.15) is 10.6 Å². The first kappa shape index (κ1) is 18.7. The molecular weight excluding hydrogens is 302 g/mol. The molecule has 0 aromatic carbocycles. The maximum atomic E-state index is 12.3. The van der Waals surface area contributed by atoms with Crippen molar-refractivity contribution in [1.29, 1.82) is 0 Å². The van der Waals surface area contributed by atoms with Crippen LogP contribution in [0.25, 0.3) is 0 Å². The Kier molecular flexibility index (Phi) is 6.19. The first-order chi connectivity index (χ1) is 10.0. The second-order valence-corrected chi connectivity index (χ2v) is 8.12. The second-order valence-electron chi connectivity index (χ2n) is 6.41. The first-order valence-electron chi connectivity index (χ1n) is 7.56. The van der Waals surface area contributed by atoms with Gasteiger partial charge in [0, 0.05) is 18.3 Å². The van der Waals surface area contributed by atoms with Crippen LogP contribution in [0.4, 0.5) is 0 Å². The minimum absolute atomic E-state index is 0.00921. The van der Waals surface area contributed by atoms with Gasteiger partial charge in [0.2, 0.25) is 10.0 Å². The summed E-state index contributed by atoms with van der Waals surface area (Å²) in [5.41, 5.74) is 0.241. The fourth-order valence-corrected chi connectivity index (χ4v) is 2.95. The number of carbonyl (C=O) groups excluding carboxylic acids is 1. The van der Waals surface area contributed by atoms with E-state index in [2.05, 4.69) is 15.0 Å². The normalized spacial score (nSPS) is 15.1. The van der Waals surface area contributed by atoms with Crippen molar-refractivity contribution >= 4 is 15.9 Å². The van der Waals surface area contributed by atoms with Crippen molar-refractivity contribution in [2.75, 3.05) is 0 Å². The highest BCUT2D eigenvalue weighted by Gasteiger charge is 2.22. The van der Waals surface area contributed by atoms with Crippen LogP contribution in [-0.4, -0.2) is 31.4 Å². The van der Waals surface area contributed by atoms with Gasteiger partial charge in [-0.25, -0.2) is 13.1 Å². The standard InChI is InChI=1S/C15H27N3O3S/c1-9(2)11(5)17-15(19)14-7-13(8-16-14)22(20,21)18-12(6)10(3)4/h7-12,16,18H,1-6H3,(H,17,19)/t11-,12+/m0/s1. The Morgan fingerprint density at radius 1 is 1.05 bits per heavy atom. The number of amides is 1. The molecule has 0 saturated carbocycles. The van der Waals surface area contributed by atoms with Crippen molar-refractivity contribution < 1.29 is 13.2 Å². The van der Waals surface area contributed by atoms with Crippen LogP contribution in [0, 0.1) is 11.8 Å². The maximum Gasteiger partial charge on any atom is 0.267 e. The van der Waals surface area contributed by atoms with E-state index in [-0.39, 0.29) is 34.5 Å². The van der Waals surface area contributed by atoms with Crippen LogP contribution in [-0.2, 0) is 10.0 Å². The molecule has 0 fully saturated rings. The van der Waals surface area contributed by atoms with Crippen molar-refractivity contribution in [2.24, 2.45) is 11.8 Å². The number of hydrogen-bond donors (Lipinski definition) is 3. The third kappa shape index (κ3) is 4.84. The van der Waals surface area contributed by atoms with Gasteiger partial charge in [-0.2, -0.15) is 0 Å². The van der Waals surface area contributed by atoms with E-state index >= 15 is 0 Å². The van der Waals surface area contributed by atoms with Crippen LogP contribution in [0.5, 0.6) is 0 Å². The van der Waals surface area contributed by atoms with E-state index < -0.39 is 10.0 Å². The summed E-state index contributed by atoms with van der Waals surface area (Å²) < 4.78 is 27.1. The number of rotatable bonds is 7. The van der Waals surface area contributed by atoms with E-state index in [9.17, 15) is 13.2 Å². The zero-order valence-electron chi connectivity index (χ0n) is 14.1. The largest absolute Gasteiger partial charge is 0.356 e. The Balaban J connectivity index is 2.85. The Labute approximate surface area is 133 Å². The summed E-state index contributed by atoms with van der Waals surface area (Å²) >= 11 is 0. The van der Waals surface area contributed by atoms with E-state index in [4.69, 9.17) is 0 Å². The smallest absolute Gasteiger partial charge is 0.267 e. The molecule has 1 amide bonds. The van der Waals surface area contributed by atoms with Crippen LogP contribution in [0.15, 0.2) is 17.2 Å². The number of carbonyl (C=O) groups is 1. The van der Waals surface area contributed by atoms with Crippen molar-refractivity contribution in [2.45, 2.75) is 58.5 Å². The summed E-state index contributed by atoms with van der Waals surface area (Å²) in [7, 11) is -3.62. The lowest BCUT2D eigenvalue weighted by Crippen LogP contribution is -2.36. The van der Waals surface area contributed by atoms with Gasteiger partial charge in [0.15, 0.2) is 0 Å². The van der Waals surface area contributed by atoms with Crippen molar-refractivity contribution in [3.05, 3.63) is 18.0 Å². The van der Waals surface area contributed by atoms with E-state index in [1.165, 1.54) is 12.3 Å². The molecule has 0 aliphatic rings. The average molecular weight is 329 g/mol. The summed E-state index contributed by atoms with van der Waals surface area (Å²) in [6, 6.07) is 1.19. The Morgan fingerprint density at radius 3 is 2.09 bits per heavy atom. The molecular formula is C15H27N3O3S. The van der Waals surface area contributed by atoms with Gasteiger partial charge in [-0.3, -0.25) is 4.79 Å². The Morgan fingerprint density at radius 2 is 1.59 bits per heavy atom. The lowest BCUT2D eigenvalue weighted by Gasteiger charge is -2.17. The number of aromatic amines is 1. The van der Waals surface area contributed by atoms with Crippen molar-refractivity contribution in [3.8, 4) is 0 Å². The molecule has 3 N–H and O–H groups in total. The van der Waals surface area contributed by atoms with Gasteiger partial charge in [-0.15, -0.1) is 0 Å². The fourth-order valence-electron chi connectivity index (χ4n) is 1.56. The predicted octanol–water partition coefficient (Wildman–Crippen LogP) is 2.11. The molecule has 1 aromatic heterocycles. The molecule has 0 unspecified atom stereocenters. The van der Waals surface area contributed by atoms with Crippen LogP contribution >= 0.6 is 0 Å². The van der Waals surface area contributed by atoms with E-state index in [1.54, 1.807) is 0 Å². The summed E-state index contributed by atoms with van der Waals surface area (Å²) in [6.45, 7) is 11.6. The molecule has 7 heteroatoms. The molecule has 0 aliphatic carbocycles. The minimum Gasteiger partial charge on any atom is -0.356 e. The first-order valence-corrected chi connectivity index (χ1v) is 9.04. The zero-order chi connectivity index (χ0) is 17.1. The van der Waals surface area contributed by atoms with Gasteiger partial charge in [-0.1, -0.05) is 27.7 Å². The predicted molar refractivity (Wildman–Crippen MR) is 87.2 cm³/mol. The Bertz CT molecular complexity index is 605. The number of H-pyrrole nitrogens is 1. The molecule has 1 aromatic rings. The maximum absolute atomic E-state index is 12.3. The highest BCUT2D eigenvalue weighted by atomic mass is 32.2. The molecule has 0 radical (unpaired) electrons. The Hall–Kier alpha value is -1.34. The highest BCUT2D eigenvalue weighted by molar-refractivity contribution is 7.89. The number of nitrogens with one attached hydrogen (secondary N) is 3. The van der Waals surface area contributed by atoms with Crippen LogP contribution < -0.4 is 10.0 Å². The number of aromatic nitrogens is 1. The van der Waals surface area contributed by atoms with E-state index in [1.807, 2.05) is 41.5 Å². The second kappa shape index (κ2) is 7.28. The van der Waals surface area contributed by atoms with Gasteiger partial charge in [0.05, 0.1) is 0 Å². The zero-order valence-corrected chi connectivity index (χ0v) is 14.9. The summed E-state index contributed by atoms with van der Waals surface area (Å²) in [4.78, 5) is 14.9. The minimum atomic E-state index is -3.62. The summed E-state index contributed by atoms with van der Waals surface area (Å²) in [6.07, 6.45) is 1.34. The molecule has 1 rings (SSSR count). The average Bonchev–Trinajstić information content (AvgIpc) is 2.88. The van der Waals surface area contributed by atoms with Crippen molar-refractivity contribution in [1.82, 2.24) is 15.0 Å². The van der Waals surface area contributed by atoms with E-state index in [0.29, 0.717) is 5.92 Å². The van der Waals surface area contributed by atoms with Crippen molar-refractivity contribution in [3.63, 3.8) is 0 Å². The van der Waals surface area contributed by atoms with Gasteiger partial charge in [0.25, 0.3) is 5.91 Å². The lowest BCUT2D eigenvalue weighted by molar-refractivity contribution is 0.0926. The van der Waals surface area contributed by atoms with Gasteiger partial charge >= 0.3 is 0 Å². The third-order valence-electron chi connectivity index (χ3n) is 3.91. The van der Waals surface area contributed by atoms with Gasteiger partial charge in [-0.05, 0) is 31.7 Å². The topological polar surface area (TPSA) is 91.1 Å². The molecule has 0 spiro atoms. The third-order valence-corrected chi connectivity index (χ3v) is 5.45. The van der Waals surface area contributed by atoms with E-state index in [0.717, 1.165) is 0 Å². The number of sulfonamides is 1. The molecule has 0 bridgehead atoms. The molecule has 1 heterocycles. The van der Waals surface area contributed by atoms with Crippen LogP contribution in [0.1, 0.15) is 52.0 Å². The van der Waals surface area contributed by atoms with Gasteiger partial charge < -0.3 is 10.3 Å². The molecule has 126 valence electrons. The SMILES string of the molecule is CC(C)[C@H](C)NC(=O)c1cc(S(=O)(=O)N[C@H](C)C(C)C)c[nH]1. The molecule has 22 heavy (non-hydrogen) atoms. The quantitative estimate of drug-likeness (QED) is 0.715. The number of hydrogen-bond acceptors (Lipinski definition) is 3. The molecule has 0 saturated heterocycles. The molecule has 0 aliphatic heterocycles. The summed E-state index contributed by atoms with van der Waals surface area (Å²) in [5, 5.41) is 2.83. The monoisotopic (exact) mass is 329 g/mol. The molecule has 2 atom stereocenters. The summed E-state index contributed by atoms with van der Waals surface area (Å²) in [5.74, 6) is 0.179. The molecule has 6 nitrogen and oxygen atoms in total. The van der Waals surface area contributed by atoms with Crippen LogP contribution in [0.3, 0.4) is 0 Å². The highest BCUT2D eigenvalue weighted by Crippen LogP contribution is 2.13.